The SMILES string of the molecule is O[C@H]1CCCN(Cc2coc(-c3ccccc3)n2)C1. The van der Waals surface area contributed by atoms with Gasteiger partial charge in [0.25, 0.3) is 0 Å². The van der Waals surface area contributed by atoms with Gasteiger partial charge in [0.1, 0.15) is 6.26 Å². The van der Waals surface area contributed by atoms with Crippen molar-refractivity contribution in [1.82, 2.24) is 9.88 Å². The first kappa shape index (κ1) is 12.4. The Kier molecular flexibility index (Phi) is 3.62. The van der Waals surface area contributed by atoms with E-state index in [1.807, 2.05) is 30.3 Å². The Labute approximate surface area is 112 Å². The zero-order valence-corrected chi connectivity index (χ0v) is 10.8. The Morgan fingerprint density at radius 3 is 2.95 bits per heavy atom. The number of benzene rings is 1. The quantitative estimate of drug-likeness (QED) is 0.917. The van der Waals surface area contributed by atoms with Gasteiger partial charge in [-0.25, -0.2) is 4.98 Å². The number of hydrogen-bond donors (Lipinski definition) is 1. The molecule has 1 aromatic heterocycles. The topological polar surface area (TPSA) is 49.5 Å². The van der Waals surface area contributed by atoms with E-state index in [-0.39, 0.29) is 6.10 Å². The van der Waals surface area contributed by atoms with E-state index >= 15 is 0 Å². The van der Waals surface area contributed by atoms with Gasteiger partial charge in [0.15, 0.2) is 0 Å². The molecule has 1 fully saturated rings. The molecule has 0 aliphatic carbocycles. The lowest BCUT2D eigenvalue weighted by atomic mass is 10.1. The van der Waals surface area contributed by atoms with Crippen LogP contribution in [0.25, 0.3) is 11.5 Å². The van der Waals surface area contributed by atoms with E-state index in [0.717, 1.165) is 43.7 Å². The monoisotopic (exact) mass is 258 g/mol. The molecule has 0 radical (unpaired) electrons. The van der Waals surface area contributed by atoms with Gasteiger partial charge in [0.05, 0.1) is 11.8 Å². The summed E-state index contributed by atoms with van der Waals surface area (Å²) in [5, 5.41) is 9.66. The molecule has 1 aliphatic heterocycles. The molecule has 0 unspecified atom stereocenters. The summed E-state index contributed by atoms with van der Waals surface area (Å²) >= 11 is 0. The van der Waals surface area contributed by atoms with Crippen molar-refractivity contribution in [2.45, 2.75) is 25.5 Å². The maximum atomic E-state index is 9.66. The van der Waals surface area contributed by atoms with Crippen molar-refractivity contribution >= 4 is 0 Å². The highest BCUT2D eigenvalue weighted by Crippen LogP contribution is 2.19. The van der Waals surface area contributed by atoms with Gasteiger partial charge in [-0.05, 0) is 31.5 Å². The van der Waals surface area contributed by atoms with Crippen LogP contribution in [0.3, 0.4) is 0 Å². The van der Waals surface area contributed by atoms with Gasteiger partial charge < -0.3 is 9.52 Å². The number of hydrogen-bond acceptors (Lipinski definition) is 4. The number of likely N-dealkylation sites (tertiary alicyclic amines) is 1. The van der Waals surface area contributed by atoms with Crippen LogP contribution in [0.2, 0.25) is 0 Å². The molecule has 1 aromatic carbocycles. The number of β-amino-alcohol motifs (C(OH)–C–C–N with tert-alkyl or cyclic N) is 1. The highest BCUT2D eigenvalue weighted by molar-refractivity contribution is 5.52. The van der Waals surface area contributed by atoms with Crippen LogP contribution in [0.1, 0.15) is 18.5 Å². The fourth-order valence-electron chi connectivity index (χ4n) is 2.50. The molecule has 0 amide bonds. The Balaban J connectivity index is 1.68. The number of aromatic nitrogens is 1. The first-order valence-electron chi connectivity index (χ1n) is 6.71. The van der Waals surface area contributed by atoms with E-state index in [0.29, 0.717) is 5.89 Å². The van der Waals surface area contributed by atoms with Gasteiger partial charge in [-0.1, -0.05) is 18.2 Å². The van der Waals surface area contributed by atoms with Crippen LogP contribution >= 0.6 is 0 Å². The normalized spacial score (nSPS) is 20.6. The number of rotatable bonds is 3. The first-order valence-corrected chi connectivity index (χ1v) is 6.71. The van der Waals surface area contributed by atoms with Crippen molar-refractivity contribution in [2.24, 2.45) is 0 Å². The fraction of sp³-hybridized carbons (Fsp3) is 0.400. The van der Waals surface area contributed by atoms with Crippen LogP contribution in [0.5, 0.6) is 0 Å². The van der Waals surface area contributed by atoms with Gasteiger partial charge in [0, 0.05) is 18.7 Å². The largest absolute Gasteiger partial charge is 0.444 e. The summed E-state index contributed by atoms with van der Waals surface area (Å²) in [6, 6.07) is 9.89. The maximum absolute atomic E-state index is 9.66. The van der Waals surface area contributed by atoms with Crippen molar-refractivity contribution in [3.63, 3.8) is 0 Å². The summed E-state index contributed by atoms with van der Waals surface area (Å²) < 4.78 is 5.52. The number of aliphatic hydroxyl groups is 1. The van der Waals surface area contributed by atoms with Gasteiger partial charge in [-0.15, -0.1) is 0 Å². The average Bonchev–Trinajstić information content (AvgIpc) is 2.88. The van der Waals surface area contributed by atoms with E-state index in [1.54, 1.807) is 6.26 Å². The van der Waals surface area contributed by atoms with Crippen molar-refractivity contribution in [3.05, 3.63) is 42.3 Å². The molecule has 1 N–H and O–H groups in total. The Morgan fingerprint density at radius 1 is 1.32 bits per heavy atom. The van der Waals surface area contributed by atoms with Crippen LogP contribution in [0.4, 0.5) is 0 Å². The zero-order valence-electron chi connectivity index (χ0n) is 10.8. The molecule has 0 saturated carbocycles. The van der Waals surface area contributed by atoms with Crippen LogP contribution in [-0.2, 0) is 6.54 Å². The number of nitrogens with zero attached hydrogens (tertiary/aromatic N) is 2. The molecule has 2 aromatic rings. The highest BCUT2D eigenvalue weighted by Gasteiger charge is 2.18. The van der Waals surface area contributed by atoms with Crippen molar-refractivity contribution < 1.29 is 9.52 Å². The van der Waals surface area contributed by atoms with Crippen molar-refractivity contribution in [2.75, 3.05) is 13.1 Å². The second kappa shape index (κ2) is 5.55. The predicted molar refractivity (Wildman–Crippen MR) is 72.5 cm³/mol. The molecule has 1 atom stereocenters. The molecule has 0 spiro atoms. The molecule has 19 heavy (non-hydrogen) atoms. The van der Waals surface area contributed by atoms with Crippen LogP contribution in [-0.4, -0.2) is 34.2 Å². The molecule has 4 heteroatoms. The minimum atomic E-state index is -0.200. The fourth-order valence-corrected chi connectivity index (χ4v) is 2.50. The molecule has 1 aliphatic rings. The molecule has 2 heterocycles. The molecule has 3 rings (SSSR count). The van der Waals surface area contributed by atoms with Crippen molar-refractivity contribution in [3.8, 4) is 11.5 Å². The number of piperidine rings is 1. The molecule has 4 nitrogen and oxygen atoms in total. The minimum Gasteiger partial charge on any atom is -0.444 e. The standard InChI is InChI=1S/C15H18N2O2/c18-14-7-4-8-17(10-14)9-13-11-19-15(16-13)12-5-2-1-3-6-12/h1-3,5-6,11,14,18H,4,7-10H2/t14-/m0/s1. The lowest BCUT2D eigenvalue weighted by Crippen LogP contribution is -2.37. The minimum absolute atomic E-state index is 0.200. The Bertz CT molecular complexity index is 524. The van der Waals surface area contributed by atoms with Gasteiger partial charge in [0.2, 0.25) is 5.89 Å². The summed E-state index contributed by atoms with van der Waals surface area (Å²) in [5.74, 6) is 0.660. The summed E-state index contributed by atoms with van der Waals surface area (Å²) in [6.07, 6.45) is 3.47. The highest BCUT2D eigenvalue weighted by atomic mass is 16.3. The molecule has 100 valence electrons. The molecule has 0 bridgehead atoms. The average molecular weight is 258 g/mol. The van der Waals surface area contributed by atoms with Crippen LogP contribution in [0.15, 0.2) is 41.0 Å². The third-order valence-electron chi connectivity index (χ3n) is 3.44. The number of oxazole rings is 1. The summed E-state index contributed by atoms with van der Waals surface area (Å²) in [4.78, 5) is 6.73. The van der Waals surface area contributed by atoms with Crippen LogP contribution < -0.4 is 0 Å². The van der Waals surface area contributed by atoms with Gasteiger partial charge in [-0.3, -0.25) is 4.90 Å². The Hall–Kier alpha value is -1.65. The molecular formula is C15H18N2O2. The van der Waals surface area contributed by atoms with Gasteiger partial charge in [-0.2, -0.15) is 0 Å². The van der Waals surface area contributed by atoms with E-state index in [9.17, 15) is 5.11 Å². The maximum Gasteiger partial charge on any atom is 0.226 e. The summed E-state index contributed by atoms with van der Waals surface area (Å²) in [7, 11) is 0. The summed E-state index contributed by atoms with van der Waals surface area (Å²) in [6.45, 7) is 2.49. The number of aliphatic hydroxyl groups excluding tert-OH is 1. The predicted octanol–water partition coefficient (Wildman–Crippen LogP) is 2.30. The van der Waals surface area contributed by atoms with E-state index in [2.05, 4.69) is 9.88 Å². The molecule has 1 saturated heterocycles. The van der Waals surface area contributed by atoms with E-state index in [1.165, 1.54) is 0 Å². The lowest BCUT2D eigenvalue weighted by molar-refractivity contribution is 0.0662. The second-order valence-electron chi connectivity index (χ2n) is 5.04. The first-order chi connectivity index (χ1) is 9.31. The third-order valence-corrected chi connectivity index (χ3v) is 3.44. The third kappa shape index (κ3) is 3.03. The van der Waals surface area contributed by atoms with Crippen LogP contribution in [0, 0.1) is 0 Å². The van der Waals surface area contributed by atoms with E-state index in [4.69, 9.17) is 4.42 Å². The van der Waals surface area contributed by atoms with Crippen molar-refractivity contribution in [1.29, 1.82) is 0 Å². The second-order valence-corrected chi connectivity index (χ2v) is 5.04. The summed E-state index contributed by atoms with van der Waals surface area (Å²) in [5.41, 5.74) is 1.92. The van der Waals surface area contributed by atoms with E-state index < -0.39 is 0 Å². The molecular weight excluding hydrogens is 240 g/mol. The Morgan fingerprint density at radius 2 is 2.16 bits per heavy atom. The van der Waals surface area contributed by atoms with Gasteiger partial charge >= 0.3 is 0 Å². The smallest absolute Gasteiger partial charge is 0.226 e. The zero-order chi connectivity index (χ0) is 13.1. The lowest BCUT2D eigenvalue weighted by Gasteiger charge is -2.29.